The molecule has 9 aromatic carbocycles. The Morgan fingerprint density at radius 1 is 0.521 bits per heavy atom. The van der Waals surface area contributed by atoms with Gasteiger partial charge in [-0.1, -0.05) is 152 Å². The molecule has 0 saturated carbocycles. The summed E-state index contributed by atoms with van der Waals surface area (Å²) >= 11 is 0. The molecule has 9 heteroatoms. The Balaban J connectivity index is 0.00000492. The smallest absolute Gasteiger partial charge is 0.268 e. The number of para-hydroxylation sites is 6. The van der Waals surface area contributed by atoms with Crippen LogP contribution in [0.25, 0.3) is 106 Å². The molecule has 0 saturated heterocycles. The SMILES string of the molecule is Cc1cccc2c1nc1n(-c3cc4c(cn3)c3ccccc3n4-c3ccccc3)c3[c-]c(Oc4[c-]c(-n5[c-][n+](-c6c(-c7ccccc7)cccc6-c6ccccc6)c6ccccc65)ccc4)ccc3n21.[Pt]. The van der Waals surface area contributed by atoms with Crippen LogP contribution in [-0.4, -0.2) is 28.1 Å². The van der Waals surface area contributed by atoms with E-state index < -0.39 is 0 Å². The summed E-state index contributed by atoms with van der Waals surface area (Å²) in [5.41, 5.74) is 16.2. The molecule has 0 unspecified atom stereocenters. The monoisotopic (exact) mass is 1090 g/mol. The number of aromatic nitrogens is 7. The maximum atomic E-state index is 6.75. The second-order valence-electron chi connectivity index (χ2n) is 17.5. The van der Waals surface area contributed by atoms with Crippen LogP contribution in [0.4, 0.5) is 0 Å². The van der Waals surface area contributed by atoms with Gasteiger partial charge in [0.15, 0.2) is 0 Å². The van der Waals surface area contributed by atoms with Crippen LogP contribution >= 0.6 is 0 Å². The predicted molar refractivity (Wildman–Crippen MR) is 279 cm³/mol. The molecule has 0 aliphatic carbocycles. The van der Waals surface area contributed by atoms with Crippen molar-refractivity contribution in [1.29, 1.82) is 0 Å². The van der Waals surface area contributed by atoms with Gasteiger partial charge in [0.2, 0.25) is 5.78 Å². The number of ether oxygens (including phenoxy) is 1. The van der Waals surface area contributed by atoms with Gasteiger partial charge < -0.3 is 18.3 Å². The van der Waals surface area contributed by atoms with Gasteiger partial charge >= 0.3 is 0 Å². The Hall–Kier alpha value is -8.84. The normalized spacial score (nSPS) is 11.6. The van der Waals surface area contributed by atoms with Crippen molar-refractivity contribution >= 4 is 60.7 Å². The van der Waals surface area contributed by atoms with Crippen LogP contribution in [0.3, 0.4) is 0 Å². The molecule has 0 spiro atoms. The zero-order valence-corrected chi connectivity index (χ0v) is 40.4. The average Bonchev–Trinajstić information content (AvgIpc) is 4.17. The second kappa shape index (κ2) is 17.0. The summed E-state index contributed by atoms with van der Waals surface area (Å²) in [6.45, 7) is 2.10. The molecule has 14 aromatic rings. The van der Waals surface area contributed by atoms with Crippen LogP contribution in [0, 0.1) is 25.4 Å². The van der Waals surface area contributed by atoms with Gasteiger partial charge in [-0.2, -0.15) is 12.1 Å². The molecule has 14 rings (SSSR count). The number of pyridine rings is 1. The minimum absolute atomic E-state index is 0. The van der Waals surface area contributed by atoms with Crippen molar-refractivity contribution in [1.82, 2.24) is 28.1 Å². The van der Waals surface area contributed by atoms with Gasteiger partial charge in [0.25, 0.3) is 6.33 Å². The molecule has 0 fully saturated rings. The van der Waals surface area contributed by atoms with Crippen LogP contribution in [-0.2, 0) is 21.1 Å². The van der Waals surface area contributed by atoms with Crippen molar-refractivity contribution in [2.24, 2.45) is 0 Å². The summed E-state index contributed by atoms with van der Waals surface area (Å²) in [5, 5.41) is 2.21. The van der Waals surface area contributed by atoms with Gasteiger partial charge in [0, 0.05) is 61.3 Å². The molecule has 71 heavy (non-hydrogen) atoms. The van der Waals surface area contributed by atoms with Crippen molar-refractivity contribution in [3.8, 4) is 56.6 Å². The number of fused-ring (bicyclic) bond motifs is 9. The van der Waals surface area contributed by atoms with Crippen molar-refractivity contribution in [2.75, 3.05) is 0 Å². The number of benzene rings is 9. The fourth-order valence-electron chi connectivity index (χ4n) is 10.3. The first-order valence-corrected chi connectivity index (χ1v) is 23.3. The van der Waals surface area contributed by atoms with Gasteiger partial charge in [-0.15, -0.1) is 30.3 Å². The van der Waals surface area contributed by atoms with Crippen LogP contribution in [0.5, 0.6) is 11.5 Å². The average molecular weight is 1090 g/mol. The molecule has 5 heterocycles. The van der Waals surface area contributed by atoms with Crippen LogP contribution in [0.2, 0.25) is 0 Å². The van der Waals surface area contributed by atoms with Crippen LogP contribution in [0.15, 0.2) is 219 Å². The predicted octanol–water partition coefficient (Wildman–Crippen LogP) is 14.0. The molecule has 340 valence electrons. The first kappa shape index (κ1) is 42.3. The van der Waals surface area contributed by atoms with E-state index in [1.807, 2.05) is 36.5 Å². The van der Waals surface area contributed by atoms with E-state index in [1.54, 1.807) is 0 Å². The molecule has 0 N–H and O–H groups in total. The number of hydrogen-bond acceptors (Lipinski definition) is 3. The minimum atomic E-state index is 0. The number of rotatable bonds is 8. The zero-order valence-electron chi connectivity index (χ0n) is 38.1. The molecular weight excluding hydrogens is 1050 g/mol. The maximum Gasteiger partial charge on any atom is 0.268 e. The summed E-state index contributed by atoms with van der Waals surface area (Å²) in [5.74, 6) is 2.53. The van der Waals surface area contributed by atoms with Gasteiger partial charge in [0.1, 0.15) is 5.82 Å². The molecular formula is C62H39N7OPt-2. The molecule has 0 bridgehead atoms. The van der Waals surface area contributed by atoms with Gasteiger partial charge in [-0.05, 0) is 75.7 Å². The number of aryl methyl sites for hydroxylation is 1. The molecule has 0 atom stereocenters. The Morgan fingerprint density at radius 2 is 1.17 bits per heavy atom. The second-order valence-corrected chi connectivity index (χ2v) is 17.5. The summed E-state index contributed by atoms with van der Waals surface area (Å²) in [7, 11) is 0. The molecule has 8 nitrogen and oxygen atoms in total. The fourth-order valence-corrected chi connectivity index (χ4v) is 10.3. The van der Waals surface area contributed by atoms with Crippen LogP contribution in [0.1, 0.15) is 5.56 Å². The van der Waals surface area contributed by atoms with E-state index in [1.165, 1.54) is 0 Å². The Labute approximate surface area is 422 Å². The fraction of sp³-hybridized carbons (Fsp3) is 0.0161. The molecule has 5 aromatic heterocycles. The van der Waals surface area contributed by atoms with E-state index in [2.05, 4.69) is 230 Å². The third kappa shape index (κ3) is 6.82. The molecule has 0 aliphatic rings. The summed E-state index contributed by atoms with van der Waals surface area (Å²) in [6, 6.07) is 80.8. The Kier molecular flexibility index (Phi) is 10.1. The third-order valence-corrected chi connectivity index (χ3v) is 13.4. The quantitative estimate of drug-likeness (QED) is 0.113. The maximum absolute atomic E-state index is 6.75. The van der Waals surface area contributed by atoms with Gasteiger partial charge in [-0.3, -0.25) is 9.13 Å². The zero-order chi connectivity index (χ0) is 46.3. The van der Waals surface area contributed by atoms with Crippen molar-refractivity contribution in [3.63, 3.8) is 0 Å². The van der Waals surface area contributed by atoms with E-state index in [0.717, 1.165) is 111 Å². The van der Waals surface area contributed by atoms with E-state index in [0.29, 0.717) is 11.5 Å². The van der Waals surface area contributed by atoms with E-state index >= 15 is 0 Å². The molecule has 0 radical (unpaired) electrons. The van der Waals surface area contributed by atoms with Gasteiger partial charge in [0.05, 0.1) is 38.8 Å². The summed E-state index contributed by atoms with van der Waals surface area (Å²) in [4.78, 5) is 10.5. The minimum Gasteiger partial charge on any atom is -0.510 e. The number of nitrogens with zero attached hydrogens (tertiary/aromatic N) is 7. The first-order chi connectivity index (χ1) is 34.6. The van der Waals surface area contributed by atoms with E-state index in [-0.39, 0.29) is 21.1 Å². The Bertz CT molecular complexity index is 4280. The largest absolute Gasteiger partial charge is 0.510 e. The van der Waals surface area contributed by atoms with Crippen molar-refractivity contribution in [3.05, 3.63) is 243 Å². The van der Waals surface area contributed by atoms with Crippen molar-refractivity contribution < 1.29 is 30.4 Å². The Morgan fingerprint density at radius 3 is 1.94 bits per heavy atom. The third-order valence-electron chi connectivity index (χ3n) is 13.4. The van der Waals surface area contributed by atoms with Crippen molar-refractivity contribution in [2.45, 2.75) is 6.92 Å². The topological polar surface area (TPSA) is 58.1 Å². The molecule has 0 amide bonds. The summed E-state index contributed by atoms with van der Waals surface area (Å²) < 4.78 is 17.6. The van der Waals surface area contributed by atoms with Crippen LogP contribution < -0.4 is 9.30 Å². The van der Waals surface area contributed by atoms with E-state index in [9.17, 15) is 0 Å². The molecule has 0 aliphatic heterocycles. The van der Waals surface area contributed by atoms with E-state index in [4.69, 9.17) is 14.7 Å². The summed E-state index contributed by atoms with van der Waals surface area (Å²) in [6.07, 6.45) is 5.75. The number of imidazole rings is 3. The number of hydrogen-bond donors (Lipinski definition) is 0. The van der Waals surface area contributed by atoms with Gasteiger partial charge in [-0.25, -0.2) is 9.97 Å². The first-order valence-electron chi connectivity index (χ1n) is 23.3. The standard InChI is InChI=1S/C62H39N7O.Pt/c1-41-18-15-33-56-60(41)64-62-68(56)55-35-34-47(37-58(55)69(62)59-38-57-51(39-63-59)50-27-11-12-30-52(50)67(57)44-23-9-4-10-24-44)70-46-26-16-25-45(36-46)65-40-66(54-32-14-13-31-53(54)65)61-48(42-19-5-2-6-20-42)28-17-29-49(61)43-21-7-3-8-22-43;/h2-35,38-39H,1H3;/q-2;.